The van der Waals surface area contributed by atoms with Crippen LogP contribution >= 0.6 is 0 Å². The molecule has 0 aromatic heterocycles. The van der Waals surface area contributed by atoms with Gasteiger partial charge in [-0.05, 0) is 74.5 Å². The average molecular weight is 228 g/mol. The van der Waals surface area contributed by atoms with E-state index in [0.29, 0.717) is 0 Å². The highest BCUT2D eigenvalue weighted by atomic mass is 14.5. The maximum Gasteiger partial charge on any atom is -0.0172 e. The third-order valence-corrected chi connectivity index (χ3v) is 6.15. The Morgan fingerprint density at radius 3 is 2.88 bits per heavy atom. The van der Waals surface area contributed by atoms with Gasteiger partial charge in [-0.15, -0.1) is 0 Å². The van der Waals surface area contributed by atoms with Crippen molar-refractivity contribution < 1.29 is 0 Å². The smallest absolute Gasteiger partial charge is 0.0172 e. The van der Waals surface area contributed by atoms with Crippen molar-refractivity contribution >= 4 is 0 Å². The van der Waals surface area contributed by atoms with Crippen LogP contribution in [0.3, 0.4) is 0 Å². The molecule has 4 aliphatic carbocycles. The fourth-order valence-electron chi connectivity index (χ4n) is 5.39. The molecule has 0 N–H and O–H groups in total. The number of hydrogen-bond donors (Lipinski definition) is 0. The van der Waals surface area contributed by atoms with Crippen LogP contribution in [0.5, 0.6) is 0 Å². The van der Waals surface area contributed by atoms with Crippen molar-refractivity contribution in [1.29, 1.82) is 0 Å². The highest BCUT2D eigenvalue weighted by Crippen LogP contribution is 2.54. The molecule has 4 rings (SSSR count). The van der Waals surface area contributed by atoms with Crippen molar-refractivity contribution in [2.75, 3.05) is 0 Å². The van der Waals surface area contributed by atoms with E-state index in [9.17, 15) is 0 Å². The minimum Gasteiger partial charge on any atom is -0.0879 e. The van der Waals surface area contributed by atoms with Crippen LogP contribution in [0.15, 0.2) is 23.8 Å². The highest BCUT2D eigenvalue weighted by Gasteiger charge is 2.44. The van der Waals surface area contributed by atoms with Gasteiger partial charge in [-0.1, -0.05) is 30.2 Å². The lowest BCUT2D eigenvalue weighted by Gasteiger charge is -2.48. The predicted molar refractivity (Wildman–Crippen MR) is 71.6 cm³/mol. The molecule has 0 spiro atoms. The average Bonchev–Trinajstić information content (AvgIpc) is 2.86. The Morgan fingerprint density at radius 2 is 1.88 bits per heavy atom. The summed E-state index contributed by atoms with van der Waals surface area (Å²) in [6, 6.07) is 0. The van der Waals surface area contributed by atoms with E-state index in [2.05, 4.69) is 18.2 Å². The standard InChI is InChI=1S/C17H24/c1-2-6-14-12(4-1)8-10-17-15-7-3-5-13(15)9-11-16(14)17/h3,5,8,13-17H,1-2,4,6-7,9-11H2. The number of allylic oxidation sites excluding steroid dienone is 4. The zero-order valence-corrected chi connectivity index (χ0v) is 10.8. The second-order valence-electron chi connectivity index (χ2n) is 6.76. The molecular weight excluding hydrogens is 204 g/mol. The van der Waals surface area contributed by atoms with E-state index in [4.69, 9.17) is 0 Å². The van der Waals surface area contributed by atoms with Crippen LogP contribution in [0.25, 0.3) is 0 Å². The minimum absolute atomic E-state index is 0.954. The fourth-order valence-corrected chi connectivity index (χ4v) is 5.39. The molecule has 0 aromatic carbocycles. The Labute approximate surface area is 105 Å². The Morgan fingerprint density at radius 1 is 0.882 bits per heavy atom. The van der Waals surface area contributed by atoms with Crippen molar-refractivity contribution in [2.24, 2.45) is 29.6 Å². The van der Waals surface area contributed by atoms with E-state index < -0.39 is 0 Å². The van der Waals surface area contributed by atoms with E-state index in [-0.39, 0.29) is 0 Å². The highest BCUT2D eigenvalue weighted by molar-refractivity contribution is 5.19. The third-order valence-electron chi connectivity index (χ3n) is 6.15. The summed E-state index contributed by atoms with van der Waals surface area (Å²) in [5.41, 5.74) is 1.86. The van der Waals surface area contributed by atoms with Gasteiger partial charge in [0.15, 0.2) is 0 Å². The molecule has 17 heavy (non-hydrogen) atoms. The topological polar surface area (TPSA) is 0 Å². The SMILES string of the molecule is C1=CC2CCC3C4CCCCC4=CCC3C2C1. The molecule has 2 saturated carbocycles. The van der Waals surface area contributed by atoms with E-state index in [1.165, 1.54) is 51.4 Å². The molecule has 2 fully saturated rings. The van der Waals surface area contributed by atoms with Gasteiger partial charge in [0.05, 0.1) is 0 Å². The lowest BCUT2D eigenvalue weighted by molar-refractivity contribution is 0.0723. The van der Waals surface area contributed by atoms with Crippen LogP contribution in [-0.4, -0.2) is 0 Å². The minimum atomic E-state index is 0.954. The Bertz CT molecular complexity index is 362. The van der Waals surface area contributed by atoms with Crippen molar-refractivity contribution in [3.63, 3.8) is 0 Å². The summed E-state index contributed by atoms with van der Waals surface area (Å²) in [5.74, 6) is 5.08. The van der Waals surface area contributed by atoms with E-state index >= 15 is 0 Å². The first-order valence-electron chi connectivity index (χ1n) is 7.79. The molecule has 4 aliphatic rings. The lowest BCUT2D eigenvalue weighted by atomic mass is 9.57. The van der Waals surface area contributed by atoms with Crippen LogP contribution in [0.4, 0.5) is 0 Å². The molecule has 5 unspecified atom stereocenters. The number of rotatable bonds is 0. The van der Waals surface area contributed by atoms with E-state index in [1.807, 2.05) is 5.57 Å². The molecule has 0 nitrogen and oxygen atoms in total. The van der Waals surface area contributed by atoms with Crippen LogP contribution < -0.4 is 0 Å². The summed E-state index contributed by atoms with van der Waals surface area (Å²) in [7, 11) is 0. The molecular formula is C17H24. The largest absolute Gasteiger partial charge is 0.0879 e. The van der Waals surface area contributed by atoms with Crippen LogP contribution in [0, 0.1) is 29.6 Å². The molecule has 0 radical (unpaired) electrons. The predicted octanol–water partition coefficient (Wildman–Crippen LogP) is 4.73. The van der Waals surface area contributed by atoms with Gasteiger partial charge in [0, 0.05) is 0 Å². The van der Waals surface area contributed by atoms with Gasteiger partial charge >= 0.3 is 0 Å². The summed E-state index contributed by atoms with van der Waals surface area (Å²) >= 11 is 0. The fraction of sp³-hybridized carbons (Fsp3) is 0.765. The zero-order valence-electron chi connectivity index (χ0n) is 10.8. The van der Waals surface area contributed by atoms with Gasteiger partial charge in [0.1, 0.15) is 0 Å². The monoisotopic (exact) mass is 228 g/mol. The zero-order chi connectivity index (χ0) is 11.2. The van der Waals surface area contributed by atoms with Gasteiger partial charge in [-0.25, -0.2) is 0 Å². The first-order valence-corrected chi connectivity index (χ1v) is 7.79. The molecule has 0 aromatic rings. The van der Waals surface area contributed by atoms with Crippen molar-refractivity contribution in [3.05, 3.63) is 23.8 Å². The Balaban J connectivity index is 1.62. The molecule has 0 saturated heterocycles. The van der Waals surface area contributed by atoms with Gasteiger partial charge in [0.2, 0.25) is 0 Å². The summed E-state index contributed by atoms with van der Waals surface area (Å²) in [5, 5.41) is 0. The maximum absolute atomic E-state index is 2.66. The quantitative estimate of drug-likeness (QED) is 0.526. The summed E-state index contributed by atoms with van der Waals surface area (Å²) in [6.45, 7) is 0. The van der Waals surface area contributed by atoms with Crippen molar-refractivity contribution in [1.82, 2.24) is 0 Å². The molecule has 0 heteroatoms. The molecule has 5 atom stereocenters. The van der Waals surface area contributed by atoms with E-state index in [0.717, 1.165) is 29.6 Å². The Hall–Kier alpha value is -0.520. The normalized spacial score (nSPS) is 48.0. The molecule has 0 bridgehead atoms. The lowest BCUT2D eigenvalue weighted by Crippen LogP contribution is -2.39. The van der Waals surface area contributed by atoms with Gasteiger partial charge in [-0.2, -0.15) is 0 Å². The van der Waals surface area contributed by atoms with E-state index in [1.54, 1.807) is 0 Å². The number of hydrogen-bond acceptors (Lipinski definition) is 0. The summed E-state index contributed by atoms with van der Waals surface area (Å²) in [4.78, 5) is 0. The van der Waals surface area contributed by atoms with Crippen molar-refractivity contribution in [3.8, 4) is 0 Å². The maximum atomic E-state index is 2.66. The van der Waals surface area contributed by atoms with Gasteiger partial charge in [-0.3, -0.25) is 0 Å². The summed E-state index contributed by atoms with van der Waals surface area (Å²) < 4.78 is 0. The second-order valence-corrected chi connectivity index (χ2v) is 6.76. The Kier molecular flexibility index (Phi) is 2.45. The second kappa shape index (κ2) is 4.00. The van der Waals surface area contributed by atoms with Crippen LogP contribution in [-0.2, 0) is 0 Å². The first-order chi connectivity index (χ1) is 8.43. The summed E-state index contributed by atoms with van der Waals surface area (Å²) in [6.07, 6.45) is 19.4. The van der Waals surface area contributed by atoms with Crippen LogP contribution in [0.2, 0.25) is 0 Å². The molecule has 0 aliphatic heterocycles. The van der Waals surface area contributed by atoms with Crippen molar-refractivity contribution in [2.45, 2.75) is 51.4 Å². The van der Waals surface area contributed by atoms with Crippen LogP contribution in [0.1, 0.15) is 51.4 Å². The van der Waals surface area contributed by atoms with Gasteiger partial charge < -0.3 is 0 Å². The molecule has 0 amide bonds. The molecule has 0 heterocycles. The number of fused-ring (bicyclic) bond motifs is 5. The molecule has 92 valence electrons. The third kappa shape index (κ3) is 1.56. The first kappa shape index (κ1) is 10.4. The van der Waals surface area contributed by atoms with Gasteiger partial charge in [0.25, 0.3) is 0 Å².